The molecule has 1 atom stereocenters. The number of benzene rings is 1. The predicted octanol–water partition coefficient (Wildman–Crippen LogP) is 1.45. The van der Waals surface area contributed by atoms with Crippen molar-refractivity contribution >= 4 is 0 Å². The lowest BCUT2D eigenvalue weighted by atomic mass is 10.2. The number of tetrazole rings is 1. The molecule has 0 spiro atoms. The molecule has 0 saturated carbocycles. The fourth-order valence-corrected chi connectivity index (χ4v) is 2.18. The van der Waals surface area contributed by atoms with E-state index in [2.05, 4.69) is 20.5 Å². The second kappa shape index (κ2) is 7.71. The fraction of sp³-hybridized carbons (Fsp3) is 0.250. The van der Waals surface area contributed by atoms with E-state index in [0.717, 1.165) is 0 Å². The molecule has 0 amide bonds. The van der Waals surface area contributed by atoms with E-state index in [1.807, 2.05) is 6.07 Å². The van der Waals surface area contributed by atoms with Gasteiger partial charge in [-0.3, -0.25) is 4.98 Å². The van der Waals surface area contributed by atoms with Crippen LogP contribution in [-0.2, 0) is 17.9 Å². The molecular formula is C16H16FN5O2. The minimum atomic E-state index is -0.831. The molecule has 1 unspecified atom stereocenters. The molecule has 124 valence electrons. The molecule has 3 aromatic rings. The van der Waals surface area contributed by atoms with E-state index < -0.39 is 6.10 Å². The number of nitrogens with zero attached hydrogens (tertiary/aromatic N) is 5. The summed E-state index contributed by atoms with van der Waals surface area (Å²) in [6, 6.07) is 11.8. The van der Waals surface area contributed by atoms with Crippen LogP contribution in [0.15, 0.2) is 48.7 Å². The zero-order valence-corrected chi connectivity index (χ0v) is 12.8. The van der Waals surface area contributed by atoms with E-state index >= 15 is 0 Å². The zero-order chi connectivity index (χ0) is 16.8. The molecule has 0 aliphatic rings. The molecular weight excluding hydrogens is 313 g/mol. The maximum Gasteiger partial charge on any atom is 0.200 e. The summed E-state index contributed by atoms with van der Waals surface area (Å²) in [5.74, 6) is 0.133. The summed E-state index contributed by atoms with van der Waals surface area (Å²) >= 11 is 0. The van der Waals surface area contributed by atoms with Crippen LogP contribution in [0.25, 0.3) is 11.5 Å². The van der Waals surface area contributed by atoms with Crippen molar-refractivity contribution in [3.05, 3.63) is 60.0 Å². The van der Waals surface area contributed by atoms with E-state index in [-0.39, 0.29) is 25.6 Å². The van der Waals surface area contributed by atoms with Gasteiger partial charge in [-0.2, -0.15) is 0 Å². The molecule has 0 radical (unpaired) electrons. The van der Waals surface area contributed by atoms with Gasteiger partial charge in [0, 0.05) is 11.8 Å². The first kappa shape index (κ1) is 16.2. The number of aliphatic hydroxyl groups excluding tert-OH is 1. The monoisotopic (exact) mass is 329 g/mol. The van der Waals surface area contributed by atoms with E-state index in [1.165, 1.54) is 10.7 Å². The van der Waals surface area contributed by atoms with Crippen LogP contribution in [0.5, 0.6) is 0 Å². The van der Waals surface area contributed by atoms with Gasteiger partial charge in [0.1, 0.15) is 11.5 Å². The molecule has 0 aliphatic heterocycles. The van der Waals surface area contributed by atoms with Crippen LogP contribution < -0.4 is 0 Å². The summed E-state index contributed by atoms with van der Waals surface area (Å²) in [5, 5.41) is 21.5. The second-order valence-electron chi connectivity index (χ2n) is 5.16. The van der Waals surface area contributed by atoms with Gasteiger partial charge in [0.15, 0.2) is 0 Å². The minimum absolute atomic E-state index is 0.0376. The van der Waals surface area contributed by atoms with Gasteiger partial charge >= 0.3 is 0 Å². The maximum atomic E-state index is 13.5. The van der Waals surface area contributed by atoms with Gasteiger partial charge in [0.25, 0.3) is 0 Å². The molecule has 0 aliphatic carbocycles. The molecule has 0 fully saturated rings. The van der Waals surface area contributed by atoms with E-state index in [0.29, 0.717) is 17.1 Å². The highest BCUT2D eigenvalue weighted by Crippen LogP contribution is 2.12. The first-order chi connectivity index (χ1) is 11.7. The fourth-order valence-electron chi connectivity index (χ4n) is 2.18. The smallest absolute Gasteiger partial charge is 0.200 e. The van der Waals surface area contributed by atoms with Crippen LogP contribution in [0.1, 0.15) is 5.56 Å². The van der Waals surface area contributed by atoms with Crippen molar-refractivity contribution in [2.75, 3.05) is 6.61 Å². The number of halogens is 1. The van der Waals surface area contributed by atoms with Crippen LogP contribution in [0.2, 0.25) is 0 Å². The Kier molecular flexibility index (Phi) is 5.19. The Balaban J connectivity index is 1.55. The van der Waals surface area contributed by atoms with Gasteiger partial charge < -0.3 is 9.84 Å². The number of rotatable bonds is 7. The van der Waals surface area contributed by atoms with Crippen molar-refractivity contribution in [2.24, 2.45) is 0 Å². The summed E-state index contributed by atoms with van der Waals surface area (Å²) in [6.07, 6.45) is 0.810. The normalized spacial score (nSPS) is 12.2. The average molecular weight is 329 g/mol. The highest BCUT2D eigenvalue weighted by atomic mass is 19.1. The highest BCUT2D eigenvalue weighted by molar-refractivity contribution is 5.47. The summed E-state index contributed by atoms with van der Waals surface area (Å²) in [7, 11) is 0. The number of pyridine rings is 1. The molecule has 0 bridgehead atoms. The maximum absolute atomic E-state index is 13.5. The van der Waals surface area contributed by atoms with Gasteiger partial charge in [0.2, 0.25) is 5.82 Å². The Morgan fingerprint density at radius 1 is 1.17 bits per heavy atom. The largest absolute Gasteiger partial charge is 0.389 e. The van der Waals surface area contributed by atoms with Crippen molar-refractivity contribution in [1.82, 2.24) is 25.2 Å². The first-order valence-corrected chi connectivity index (χ1v) is 7.41. The van der Waals surface area contributed by atoms with Crippen LogP contribution in [0, 0.1) is 5.82 Å². The Morgan fingerprint density at radius 2 is 2.00 bits per heavy atom. The van der Waals surface area contributed by atoms with Crippen LogP contribution in [0.3, 0.4) is 0 Å². The van der Waals surface area contributed by atoms with Crippen molar-refractivity contribution < 1.29 is 14.2 Å². The standard InChI is InChI=1S/C16H16FN5O2/c17-14-6-2-1-5-12(14)10-24-11-13(23)9-22-16(19-20-21-22)15-7-3-4-8-18-15/h1-8,13,23H,9-11H2. The van der Waals surface area contributed by atoms with Gasteiger partial charge in [-0.15, -0.1) is 5.10 Å². The molecule has 1 aromatic carbocycles. The molecule has 7 nitrogen and oxygen atoms in total. The molecule has 3 rings (SSSR count). The first-order valence-electron chi connectivity index (χ1n) is 7.41. The summed E-state index contributed by atoms with van der Waals surface area (Å²) < 4.78 is 20.3. The van der Waals surface area contributed by atoms with Crippen molar-refractivity contribution in [2.45, 2.75) is 19.3 Å². The Morgan fingerprint density at radius 3 is 2.79 bits per heavy atom. The van der Waals surface area contributed by atoms with Crippen LogP contribution >= 0.6 is 0 Å². The van der Waals surface area contributed by atoms with Crippen LogP contribution in [0.4, 0.5) is 4.39 Å². The summed E-state index contributed by atoms with van der Waals surface area (Å²) in [6.45, 7) is 0.276. The van der Waals surface area contributed by atoms with Gasteiger partial charge in [0.05, 0.1) is 25.9 Å². The molecule has 24 heavy (non-hydrogen) atoms. The Bertz CT molecular complexity index is 781. The molecule has 2 aromatic heterocycles. The SMILES string of the molecule is OC(COCc1ccccc1F)Cn1nnnc1-c1ccccn1. The number of hydrogen-bond acceptors (Lipinski definition) is 6. The molecule has 8 heteroatoms. The number of aliphatic hydroxyl groups is 1. The van der Waals surface area contributed by atoms with Crippen molar-refractivity contribution in [3.8, 4) is 11.5 Å². The number of aromatic nitrogens is 5. The predicted molar refractivity (Wildman–Crippen MR) is 83.1 cm³/mol. The van der Waals surface area contributed by atoms with E-state index in [4.69, 9.17) is 4.74 Å². The second-order valence-corrected chi connectivity index (χ2v) is 5.16. The Labute approximate surface area is 137 Å². The lowest BCUT2D eigenvalue weighted by molar-refractivity contribution is 0.0178. The van der Waals surface area contributed by atoms with Crippen molar-refractivity contribution in [3.63, 3.8) is 0 Å². The minimum Gasteiger partial charge on any atom is -0.389 e. The summed E-state index contributed by atoms with van der Waals surface area (Å²) in [4.78, 5) is 4.18. The molecule has 1 N–H and O–H groups in total. The third-order valence-corrected chi connectivity index (χ3v) is 3.34. The zero-order valence-electron chi connectivity index (χ0n) is 12.8. The third kappa shape index (κ3) is 3.98. The lowest BCUT2D eigenvalue weighted by Gasteiger charge is -2.12. The van der Waals surface area contributed by atoms with Crippen molar-refractivity contribution in [1.29, 1.82) is 0 Å². The quantitative estimate of drug-likeness (QED) is 0.706. The van der Waals surface area contributed by atoms with E-state index in [1.54, 1.807) is 36.5 Å². The third-order valence-electron chi connectivity index (χ3n) is 3.34. The van der Waals surface area contributed by atoms with Gasteiger partial charge in [-0.05, 0) is 28.6 Å². The van der Waals surface area contributed by atoms with Gasteiger partial charge in [-0.1, -0.05) is 24.3 Å². The van der Waals surface area contributed by atoms with E-state index in [9.17, 15) is 9.50 Å². The lowest BCUT2D eigenvalue weighted by Crippen LogP contribution is -2.23. The van der Waals surface area contributed by atoms with Gasteiger partial charge in [-0.25, -0.2) is 9.07 Å². The summed E-state index contributed by atoms with van der Waals surface area (Å²) in [5.41, 5.74) is 1.06. The van der Waals surface area contributed by atoms with Crippen LogP contribution in [-0.4, -0.2) is 43.0 Å². The highest BCUT2D eigenvalue weighted by Gasteiger charge is 2.14. The molecule has 2 heterocycles. The Hall–Kier alpha value is -2.71. The number of ether oxygens (including phenoxy) is 1. The number of hydrogen-bond donors (Lipinski definition) is 1. The average Bonchev–Trinajstić information content (AvgIpc) is 3.05. The topological polar surface area (TPSA) is 86.0 Å². The molecule has 0 saturated heterocycles.